The van der Waals surface area contributed by atoms with Gasteiger partial charge in [0.2, 0.25) is 5.75 Å². The van der Waals surface area contributed by atoms with Crippen LogP contribution in [-0.4, -0.2) is 24.1 Å². The summed E-state index contributed by atoms with van der Waals surface area (Å²) in [5.74, 6) is 2.02. The Morgan fingerprint density at radius 3 is 2.63 bits per heavy atom. The molecule has 5 nitrogen and oxygen atoms in total. The number of aromatic nitrogens is 2. The summed E-state index contributed by atoms with van der Waals surface area (Å²) in [7, 11) is 3.30. The summed E-state index contributed by atoms with van der Waals surface area (Å²) in [6, 6.07) is 5.60. The molecule has 7 heteroatoms. The van der Waals surface area contributed by atoms with Crippen LogP contribution in [0.5, 0.6) is 17.4 Å². The quantitative estimate of drug-likeness (QED) is 0.862. The van der Waals surface area contributed by atoms with E-state index in [1.807, 2.05) is 18.2 Å². The predicted molar refractivity (Wildman–Crippen MR) is 80.0 cm³/mol. The van der Waals surface area contributed by atoms with Crippen LogP contribution in [0.3, 0.4) is 0 Å². The highest BCUT2D eigenvalue weighted by atomic mass is 79.9. The molecular formula is C12H11Br2N3O2. The molecule has 0 aliphatic carbocycles. The average molecular weight is 389 g/mol. The van der Waals surface area contributed by atoms with E-state index in [-0.39, 0.29) is 0 Å². The molecule has 1 N–H and O–H groups in total. The average Bonchev–Trinajstić information content (AvgIpc) is 2.41. The molecule has 1 heterocycles. The van der Waals surface area contributed by atoms with Gasteiger partial charge in [0.25, 0.3) is 5.88 Å². The van der Waals surface area contributed by atoms with Gasteiger partial charge >= 0.3 is 0 Å². The fourth-order valence-corrected chi connectivity index (χ4v) is 2.58. The molecule has 0 radical (unpaired) electrons. The molecule has 19 heavy (non-hydrogen) atoms. The Kier molecular flexibility index (Phi) is 4.60. The van der Waals surface area contributed by atoms with E-state index in [1.54, 1.807) is 14.2 Å². The molecule has 0 saturated carbocycles. The first kappa shape index (κ1) is 14.1. The SMILES string of the molecule is CNc1ncnc(Oc2ccc(Br)cc2Br)c1OC. The topological polar surface area (TPSA) is 56.3 Å². The third-order valence-electron chi connectivity index (χ3n) is 2.31. The van der Waals surface area contributed by atoms with Gasteiger partial charge in [0.15, 0.2) is 5.82 Å². The Labute approximate surface area is 127 Å². The van der Waals surface area contributed by atoms with Crippen LogP contribution in [0.4, 0.5) is 5.82 Å². The molecule has 100 valence electrons. The molecule has 0 unspecified atom stereocenters. The van der Waals surface area contributed by atoms with Crippen LogP contribution in [0.2, 0.25) is 0 Å². The number of benzene rings is 1. The second kappa shape index (κ2) is 6.21. The summed E-state index contributed by atoms with van der Waals surface area (Å²) >= 11 is 6.82. The van der Waals surface area contributed by atoms with Gasteiger partial charge in [-0.25, -0.2) is 4.98 Å². The molecule has 2 aromatic rings. The van der Waals surface area contributed by atoms with Crippen molar-refractivity contribution in [3.63, 3.8) is 0 Å². The van der Waals surface area contributed by atoms with Crippen LogP contribution in [0, 0.1) is 0 Å². The second-order valence-electron chi connectivity index (χ2n) is 3.49. The second-order valence-corrected chi connectivity index (χ2v) is 5.26. The minimum atomic E-state index is 0.352. The van der Waals surface area contributed by atoms with Gasteiger partial charge in [0.1, 0.15) is 12.1 Å². The van der Waals surface area contributed by atoms with Crippen molar-refractivity contribution in [2.24, 2.45) is 0 Å². The zero-order chi connectivity index (χ0) is 13.8. The van der Waals surface area contributed by atoms with Crippen LogP contribution >= 0.6 is 31.9 Å². The third kappa shape index (κ3) is 3.16. The van der Waals surface area contributed by atoms with E-state index in [1.165, 1.54) is 6.33 Å². The smallest absolute Gasteiger partial charge is 0.268 e. The van der Waals surface area contributed by atoms with Gasteiger partial charge in [-0.3, -0.25) is 0 Å². The fraction of sp³-hybridized carbons (Fsp3) is 0.167. The lowest BCUT2D eigenvalue weighted by atomic mass is 10.3. The monoisotopic (exact) mass is 387 g/mol. The summed E-state index contributed by atoms with van der Waals surface area (Å²) < 4.78 is 12.8. The van der Waals surface area contributed by atoms with Crippen molar-refractivity contribution >= 4 is 37.7 Å². The lowest BCUT2D eigenvalue weighted by Gasteiger charge is -2.12. The number of hydrogen-bond donors (Lipinski definition) is 1. The first-order valence-electron chi connectivity index (χ1n) is 5.35. The maximum Gasteiger partial charge on any atom is 0.268 e. The van der Waals surface area contributed by atoms with E-state index >= 15 is 0 Å². The Morgan fingerprint density at radius 1 is 1.21 bits per heavy atom. The largest absolute Gasteiger partial charge is 0.489 e. The van der Waals surface area contributed by atoms with E-state index in [9.17, 15) is 0 Å². The van der Waals surface area contributed by atoms with Crippen molar-refractivity contribution in [1.29, 1.82) is 0 Å². The molecule has 1 aromatic carbocycles. The van der Waals surface area contributed by atoms with Gasteiger partial charge in [-0.15, -0.1) is 0 Å². The van der Waals surface area contributed by atoms with Crippen LogP contribution < -0.4 is 14.8 Å². The van der Waals surface area contributed by atoms with E-state index in [4.69, 9.17) is 9.47 Å². The molecule has 0 aliphatic rings. The Bertz CT molecular complexity index is 593. The number of halogens is 2. The minimum Gasteiger partial charge on any atom is -0.489 e. The van der Waals surface area contributed by atoms with Crippen molar-refractivity contribution < 1.29 is 9.47 Å². The van der Waals surface area contributed by atoms with Gasteiger partial charge in [0.05, 0.1) is 11.6 Å². The number of methoxy groups -OCH3 is 1. The van der Waals surface area contributed by atoms with E-state index in [0.29, 0.717) is 23.2 Å². The molecule has 0 amide bonds. The molecule has 0 bridgehead atoms. The van der Waals surface area contributed by atoms with Crippen molar-refractivity contribution in [1.82, 2.24) is 9.97 Å². The first-order valence-corrected chi connectivity index (χ1v) is 6.94. The third-order valence-corrected chi connectivity index (χ3v) is 3.43. The van der Waals surface area contributed by atoms with Gasteiger partial charge in [0, 0.05) is 11.5 Å². The number of hydrogen-bond acceptors (Lipinski definition) is 5. The Morgan fingerprint density at radius 2 is 2.00 bits per heavy atom. The van der Waals surface area contributed by atoms with Crippen molar-refractivity contribution in [2.45, 2.75) is 0 Å². The Hall–Kier alpha value is -1.34. The lowest BCUT2D eigenvalue weighted by molar-refractivity contribution is 0.368. The fourth-order valence-electron chi connectivity index (χ4n) is 1.45. The lowest BCUT2D eigenvalue weighted by Crippen LogP contribution is -2.01. The predicted octanol–water partition coefficient (Wildman–Crippen LogP) is 3.84. The minimum absolute atomic E-state index is 0.352. The number of nitrogens with zero attached hydrogens (tertiary/aromatic N) is 2. The number of nitrogens with one attached hydrogen (secondary N) is 1. The maximum absolute atomic E-state index is 5.74. The zero-order valence-corrected chi connectivity index (χ0v) is 13.4. The summed E-state index contributed by atoms with van der Waals surface area (Å²) in [6.07, 6.45) is 1.41. The van der Waals surface area contributed by atoms with Gasteiger partial charge < -0.3 is 14.8 Å². The maximum atomic E-state index is 5.74. The molecule has 1 aromatic heterocycles. The number of rotatable bonds is 4. The van der Waals surface area contributed by atoms with E-state index < -0.39 is 0 Å². The normalized spacial score (nSPS) is 10.1. The highest BCUT2D eigenvalue weighted by Gasteiger charge is 2.14. The summed E-state index contributed by atoms with van der Waals surface area (Å²) in [5.41, 5.74) is 0. The zero-order valence-electron chi connectivity index (χ0n) is 10.3. The summed E-state index contributed by atoms with van der Waals surface area (Å²) in [6.45, 7) is 0. The van der Waals surface area contributed by atoms with E-state index in [0.717, 1.165) is 8.95 Å². The molecule has 0 atom stereocenters. The summed E-state index contributed by atoms with van der Waals surface area (Å²) in [4.78, 5) is 8.15. The molecule has 0 fully saturated rings. The summed E-state index contributed by atoms with van der Waals surface area (Å²) in [5, 5.41) is 2.92. The standard InChI is InChI=1S/C12H11Br2N3O2/c1-15-11-10(18-2)12(17-6-16-11)19-9-4-3-7(13)5-8(9)14/h3-6H,1-2H3,(H,15,16,17). The van der Waals surface area contributed by atoms with E-state index in [2.05, 4.69) is 47.1 Å². The highest BCUT2D eigenvalue weighted by Crippen LogP contribution is 2.37. The number of anilines is 1. The highest BCUT2D eigenvalue weighted by molar-refractivity contribution is 9.11. The molecule has 0 spiro atoms. The van der Waals surface area contributed by atoms with Crippen LogP contribution in [0.25, 0.3) is 0 Å². The van der Waals surface area contributed by atoms with Gasteiger partial charge in [-0.2, -0.15) is 4.98 Å². The first-order chi connectivity index (χ1) is 9.15. The number of ether oxygens (including phenoxy) is 2. The van der Waals surface area contributed by atoms with Crippen molar-refractivity contribution in [2.75, 3.05) is 19.5 Å². The molecule has 0 aliphatic heterocycles. The molecule has 0 saturated heterocycles. The molecular weight excluding hydrogens is 378 g/mol. The Balaban J connectivity index is 2.37. The van der Waals surface area contributed by atoms with Crippen LogP contribution in [0.15, 0.2) is 33.5 Å². The molecule has 2 rings (SSSR count). The van der Waals surface area contributed by atoms with Gasteiger partial charge in [-0.1, -0.05) is 15.9 Å². The van der Waals surface area contributed by atoms with Gasteiger partial charge in [-0.05, 0) is 34.1 Å². The van der Waals surface area contributed by atoms with Crippen LogP contribution in [-0.2, 0) is 0 Å². The van der Waals surface area contributed by atoms with Crippen LogP contribution in [0.1, 0.15) is 0 Å². The van der Waals surface area contributed by atoms with Crippen molar-refractivity contribution in [3.8, 4) is 17.4 Å². The van der Waals surface area contributed by atoms with Crippen molar-refractivity contribution in [3.05, 3.63) is 33.5 Å².